The van der Waals surface area contributed by atoms with Crippen molar-refractivity contribution in [2.24, 2.45) is 7.05 Å². The second-order valence-corrected chi connectivity index (χ2v) is 8.85. The summed E-state index contributed by atoms with van der Waals surface area (Å²) < 4.78 is 7.49. The molecule has 1 aliphatic heterocycles. The number of hydrogen-bond donors (Lipinski definition) is 0. The molecule has 5 rings (SSSR count). The predicted octanol–water partition coefficient (Wildman–Crippen LogP) is 4.91. The van der Waals surface area contributed by atoms with Crippen molar-refractivity contribution in [1.29, 1.82) is 0 Å². The summed E-state index contributed by atoms with van der Waals surface area (Å²) in [5, 5.41) is 1.00. The summed E-state index contributed by atoms with van der Waals surface area (Å²) >= 11 is 0. The zero-order chi connectivity index (χ0) is 23.7. The Morgan fingerprint density at radius 1 is 0.971 bits per heavy atom. The Labute approximate surface area is 200 Å². The topological polar surface area (TPSA) is 50.6 Å². The van der Waals surface area contributed by atoms with Gasteiger partial charge in [0.25, 0.3) is 5.91 Å². The van der Waals surface area contributed by atoms with Crippen LogP contribution in [0.2, 0.25) is 0 Å². The number of nitrogens with zero attached hydrogens (tertiary/aromatic N) is 4. The molecule has 6 heteroatoms. The van der Waals surface area contributed by atoms with Gasteiger partial charge in [0, 0.05) is 50.3 Å². The Hall–Kier alpha value is -3.80. The molecule has 3 heterocycles. The fourth-order valence-electron chi connectivity index (χ4n) is 4.91. The Bertz CT molecular complexity index is 1310. The highest BCUT2D eigenvalue weighted by molar-refractivity contribution is 6.13. The van der Waals surface area contributed by atoms with Crippen LogP contribution in [0.5, 0.6) is 5.75 Å². The van der Waals surface area contributed by atoms with Gasteiger partial charge in [-0.3, -0.25) is 4.79 Å². The van der Waals surface area contributed by atoms with Crippen LogP contribution in [-0.4, -0.2) is 53.6 Å². The van der Waals surface area contributed by atoms with E-state index in [0.717, 1.165) is 70.9 Å². The minimum atomic E-state index is 0.0879. The van der Waals surface area contributed by atoms with E-state index in [1.165, 1.54) is 0 Å². The zero-order valence-corrected chi connectivity index (χ0v) is 20.0. The molecule has 2 aromatic heterocycles. The molecular formula is C28H30N4O2. The lowest BCUT2D eigenvalue weighted by molar-refractivity contribution is 0.0769. The van der Waals surface area contributed by atoms with Crippen molar-refractivity contribution < 1.29 is 9.53 Å². The molecule has 1 saturated heterocycles. The van der Waals surface area contributed by atoms with Gasteiger partial charge < -0.3 is 19.1 Å². The van der Waals surface area contributed by atoms with E-state index in [4.69, 9.17) is 4.74 Å². The van der Waals surface area contributed by atoms with Gasteiger partial charge in [-0.1, -0.05) is 17.7 Å². The first-order chi connectivity index (χ1) is 16.6. The van der Waals surface area contributed by atoms with Gasteiger partial charge in [-0.05, 0) is 67.4 Å². The molecule has 1 aliphatic rings. The van der Waals surface area contributed by atoms with E-state index in [0.29, 0.717) is 6.54 Å². The first-order valence-electron chi connectivity index (χ1n) is 11.8. The molecule has 1 fully saturated rings. The zero-order valence-electron chi connectivity index (χ0n) is 20.0. The van der Waals surface area contributed by atoms with E-state index in [-0.39, 0.29) is 5.91 Å². The lowest BCUT2D eigenvalue weighted by Gasteiger charge is -2.23. The number of pyridine rings is 1. The molecule has 34 heavy (non-hydrogen) atoms. The van der Waals surface area contributed by atoms with Crippen molar-refractivity contribution in [2.75, 3.05) is 38.2 Å². The molecule has 0 atom stereocenters. The summed E-state index contributed by atoms with van der Waals surface area (Å²) in [5.41, 5.74) is 4.93. The van der Waals surface area contributed by atoms with Crippen LogP contribution in [0.3, 0.4) is 0 Å². The smallest absolute Gasteiger partial charge is 0.256 e. The number of ether oxygens (including phenoxy) is 1. The third kappa shape index (κ3) is 4.00. The fraction of sp³-hybridized carbons (Fsp3) is 0.286. The molecule has 1 amide bonds. The van der Waals surface area contributed by atoms with Crippen molar-refractivity contribution in [3.8, 4) is 17.0 Å². The largest absolute Gasteiger partial charge is 0.497 e. The highest BCUT2D eigenvalue weighted by Crippen LogP contribution is 2.35. The van der Waals surface area contributed by atoms with Crippen molar-refractivity contribution in [1.82, 2.24) is 14.5 Å². The Morgan fingerprint density at radius 3 is 2.53 bits per heavy atom. The van der Waals surface area contributed by atoms with Crippen molar-refractivity contribution in [2.45, 2.75) is 13.3 Å². The minimum Gasteiger partial charge on any atom is -0.497 e. The van der Waals surface area contributed by atoms with E-state index < -0.39 is 0 Å². The lowest BCUT2D eigenvalue weighted by atomic mass is 10.0. The van der Waals surface area contributed by atoms with E-state index in [2.05, 4.69) is 39.6 Å². The predicted molar refractivity (Wildman–Crippen MR) is 137 cm³/mol. The molecule has 0 aliphatic carbocycles. The summed E-state index contributed by atoms with van der Waals surface area (Å²) in [6, 6.07) is 20.3. The van der Waals surface area contributed by atoms with E-state index in [9.17, 15) is 4.79 Å². The maximum atomic E-state index is 14.1. The molecule has 0 N–H and O–H groups in total. The first kappa shape index (κ1) is 22.0. The Kier molecular flexibility index (Phi) is 5.97. The van der Waals surface area contributed by atoms with Crippen molar-refractivity contribution >= 4 is 22.6 Å². The average Bonchev–Trinajstić information content (AvgIpc) is 3.01. The van der Waals surface area contributed by atoms with Crippen LogP contribution in [0.1, 0.15) is 22.3 Å². The van der Waals surface area contributed by atoms with Gasteiger partial charge in [-0.25, -0.2) is 4.98 Å². The molecule has 174 valence electrons. The number of amides is 1. The van der Waals surface area contributed by atoms with Crippen LogP contribution in [0, 0.1) is 6.92 Å². The normalized spacial score (nSPS) is 14.3. The first-order valence-corrected chi connectivity index (χ1v) is 11.8. The maximum Gasteiger partial charge on any atom is 0.256 e. The second-order valence-electron chi connectivity index (χ2n) is 8.85. The Balaban J connectivity index is 1.54. The van der Waals surface area contributed by atoms with Crippen LogP contribution in [0.4, 0.5) is 5.82 Å². The highest BCUT2D eigenvalue weighted by atomic mass is 16.5. The molecule has 0 radical (unpaired) electrons. The number of rotatable bonds is 4. The summed E-state index contributed by atoms with van der Waals surface area (Å²) in [5.74, 6) is 1.86. The van der Waals surface area contributed by atoms with Crippen LogP contribution >= 0.6 is 0 Å². The molecule has 0 bridgehead atoms. The summed E-state index contributed by atoms with van der Waals surface area (Å²) in [6.45, 7) is 5.13. The number of fused-ring (bicyclic) bond motifs is 1. The van der Waals surface area contributed by atoms with Gasteiger partial charge in [0.05, 0.1) is 18.4 Å². The number of hydrogen-bond acceptors (Lipinski definition) is 4. The quantitative estimate of drug-likeness (QED) is 0.440. The number of anilines is 1. The monoisotopic (exact) mass is 454 g/mol. The molecule has 6 nitrogen and oxygen atoms in total. The highest BCUT2D eigenvalue weighted by Gasteiger charge is 2.28. The van der Waals surface area contributed by atoms with Crippen molar-refractivity contribution in [3.63, 3.8) is 0 Å². The number of benzene rings is 2. The van der Waals surface area contributed by atoms with Gasteiger partial charge in [0.15, 0.2) is 0 Å². The second kappa shape index (κ2) is 9.21. The van der Waals surface area contributed by atoms with Crippen LogP contribution in [0.15, 0.2) is 66.9 Å². The molecular weight excluding hydrogens is 424 g/mol. The van der Waals surface area contributed by atoms with Crippen LogP contribution in [-0.2, 0) is 7.05 Å². The fourth-order valence-corrected chi connectivity index (χ4v) is 4.91. The average molecular weight is 455 g/mol. The van der Waals surface area contributed by atoms with Crippen LogP contribution < -0.4 is 9.64 Å². The van der Waals surface area contributed by atoms with Gasteiger partial charge in [0.1, 0.15) is 11.6 Å². The van der Waals surface area contributed by atoms with Gasteiger partial charge >= 0.3 is 0 Å². The Morgan fingerprint density at radius 2 is 1.79 bits per heavy atom. The minimum absolute atomic E-state index is 0.0879. The van der Waals surface area contributed by atoms with Crippen molar-refractivity contribution in [3.05, 3.63) is 78.0 Å². The SMILES string of the molecule is COc1ccc(-c2c(C(=O)N3CCCN(c4ccccn4)CC3)c3cc(C)ccc3n2C)cc1. The molecule has 4 aromatic rings. The van der Waals surface area contributed by atoms with Gasteiger partial charge in [0.2, 0.25) is 0 Å². The standard InChI is InChI=1S/C28H30N4O2/c1-20-8-13-24-23(19-20)26(27(30(24)2)21-9-11-22(34-3)12-10-21)28(33)32-16-6-15-31(17-18-32)25-7-4-5-14-29-25/h4-5,7-14,19H,6,15-18H2,1-3H3. The lowest BCUT2D eigenvalue weighted by Crippen LogP contribution is -2.35. The molecule has 2 aromatic carbocycles. The number of aryl methyl sites for hydroxylation is 2. The van der Waals surface area contributed by atoms with Gasteiger partial charge in [-0.15, -0.1) is 0 Å². The van der Waals surface area contributed by atoms with Gasteiger partial charge in [-0.2, -0.15) is 0 Å². The molecule has 0 unspecified atom stereocenters. The third-order valence-corrected chi connectivity index (χ3v) is 6.69. The number of aromatic nitrogens is 2. The summed E-state index contributed by atoms with van der Waals surface area (Å²) in [7, 11) is 3.70. The number of methoxy groups -OCH3 is 1. The van der Waals surface area contributed by atoms with E-state index >= 15 is 0 Å². The summed E-state index contributed by atoms with van der Waals surface area (Å²) in [6.07, 6.45) is 2.73. The van der Waals surface area contributed by atoms with Crippen LogP contribution in [0.25, 0.3) is 22.2 Å². The summed E-state index contributed by atoms with van der Waals surface area (Å²) in [4.78, 5) is 22.9. The maximum absolute atomic E-state index is 14.1. The molecule has 0 saturated carbocycles. The van der Waals surface area contributed by atoms with E-state index in [1.807, 2.05) is 60.6 Å². The third-order valence-electron chi connectivity index (χ3n) is 6.69. The van der Waals surface area contributed by atoms with E-state index in [1.54, 1.807) is 7.11 Å². The number of carbonyl (C=O) groups excluding carboxylic acids is 1. The molecule has 0 spiro atoms. The number of carbonyl (C=O) groups is 1.